The van der Waals surface area contributed by atoms with E-state index in [1.807, 2.05) is 0 Å². The molecule has 0 amide bonds. The lowest BCUT2D eigenvalue weighted by molar-refractivity contribution is -0.133. The maximum atomic E-state index is 11.7. The molecule has 0 radical (unpaired) electrons. The minimum absolute atomic E-state index is 0.157. The number of carbonyl (C=O) groups is 1. The second kappa shape index (κ2) is 3.60. The van der Waals surface area contributed by atoms with Gasteiger partial charge in [-0.1, -0.05) is 5.57 Å². The number of aliphatic carboxylic acids is 1. The highest BCUT2D eigenvalue weighted by molar-refractivity contribution is 5.86. The zero-order valence-corrected chi connectivity index (χ0v) is 6.70. The molecule has 0 atom stereocenters. The van der Waals surface area contributed by atoms with Crippen LogP contribution in [0.2, 0.25) is 0 Å². The maximum Gasteiger partial charge on any atom is 0.392 e. The molecule has 0 aliphatic rings. The van der Waals surface area contributed by atoms with Gasteiger partial charge in [0, 0.05) is 5.57 Å². The number of carboxylic acids is 1. The van der Waals surface area contributed by atoms with Gasteiger partial charge in [-0.3, -0.25) is 0 Å². The van der Waals surface area contributed by atoms with Gasteiger partial charge in [0.25, 0.3) is 0 Å². The first-order valence-electron chi connectivity index (χ1n) is 3.20. The van der Waals surface area contributed by atoms with Crippen LogP contribution in [0.5, 0.6) is 0 Å². The van der Waals surface area contributed by atoms with Crippen LogP contribution in [-0.2, 0) is 4.79 Å². The van der Waals surface area contributed by atoms with E-state index in [4.69, 9.17) is 5.11 Å². The fourth-order valence-corrected chi connectivity index (χ4v) is 0.616. The predicted octanol–water partition coefficient (Wildman–Crippen LogP) is 2.36. The molecule has 2 nitrogen and oxygen atoms in total. The van der Waals surface area contributed by atoms with Gasteiger partial charge in [-0.05, 0) is 13.8 Å². The third-order valence-electron chi connectivity index (χ3n) is 1.43. The summed E-state index contributed by atoms with van der Waals surface area (Å²) in [4.78, 5) is 10.2. The maximum absolute atomic E-state index is 11.7. The monoisotopic (exact) mass is 182 g/mol. The highest BCUT2D eigenvalue weighted by Crippen LogP contribution is 2.25. The van der Waals surface area contributed by atoms with Crippen molar-refractivity contribution < 1.29 is 23.1 Å². The second-order valence-electron chi connectivity index (χ2n) is 2.50. The SMILES string of the molecule is CC(CC(F)(F)F)=C(C)C(=O)O. The van der Waals surface area contributed by atoms with Crippen LogP contribution in [0.3, 0.4) is 0 Å². The molecule has 1 N–H and O–H groups in total. The third kappa shape index (κ3) is 4.00. The lowest BCUT2D eigenvalue weighted by Gasteiger charge is -2.07. The molecule has 0 rings (SSSR count). The summed E-state index contributed by atoms with van der Waals surface area (Å²) < 4.78 is 35.1. The van der Waals surface area contributed by atoms with E-state index >= 15 is 0 Å². The van der Waals surface area contributed by atoms with E-state index in [0.717, 1.165) is 13.8 Å². The summed E-state index contributed by atoms with van der Waals surface area (Å²) in [7, 11) is 0. The Bertz CT molecular complexity index is 215. The fraction of sp³-hybridized carbons (Fsp3) is 0.571. The van der Waals surface area contributed by atoms with E-state index in [1.54, 1.807) is 0 Å². The molecule has 12 heavy (non-hydrogen) atoms. The van der Waals surface area contributed by atoms with Crippen molar-refractivity contribution in [3.8, 4) is 0 Å². The summed E-state index contributed by atoms with van der Waals surface area (Å²) in [6.45, 7) is 2.32. The van der Waals surface area contributed by atoms with Gasteiger partial charge in [-0.2, -0.15) is 13.2 Å². The van der Waals surface area contributed by atoms with E-state index in [9.17, 15) is 18.0 Å². The average molecular weight is 182 g/mol. The third-order valence-corrected chi connectivity index (χ3v) is 1.43. The molecule has 0 aliphatic carbocycles. The quantitative estimate of drug-likeness (QED) is 0.665. The first kappa shape index (κ1) is 11.0. The molecule has 0 aromatic carbocycles. The largest absolute Gasteiger partial charge is 0.478 e. The summed E-state index contributed by atoms with van der Waals surface area (Å²) in [6, 6.07) is 0. The Labute approximate surface area is 67.7 Å². The number of hydrogen-bond donors (Lipinski definition) is 1. The van der Waals surface area contributed by atoms with Crippen molar-refractivity contribution in [1.82, 2.24) is 0 Å². The van der Waals surface area contributed by atoms with Gasteiger partial charge in [-0.15, -0.1) is 0 Å². The summed E-state index contributed by atoms with van der Waals surface area (Å²) >= 11 is 0. The topological polar surface area (TPSA) is 37.3 Å². The van der Waals surface area contributed by atoms with Crippen LogP contribution in [0.4, 0.5) is 13.2 Å². The van der Waals surface area contributed by atoms with Crippen LogP contribution >= 0.6 is 0 Å². The number of allylic oxidation sites excluding steroid dienone is 1. The summed E-state index contributed by atoms with van der Waals surface area (Å²) in [5.74, 6) is -1.31. The van der Waals surface area contributed by atoms with Crippen LogP contribution in [0.15, 0.2) is 11.1 Å². The highest BCUT2D eigenvalue weighted by Gasteiger charge is 2.28. The minimum Gasteiger partial charge on any atom is -0.478 e. The molecule has 5 heteroatoms. The highest BCUT2D eigenvalue weighted by atomic mass is 19.4. The number of carboxylic acid groups (broad SMARTS) is 1. The molecule has 0 saturated carbocycles. The lowest BCUT2D eigenvalue weighted by Crippen LogP contribution is -2.10. The molecule has 0 aromatic rings. The van der Waals surface area contributed by atoms with Gasteiger partial charge in [0.15, 0.2) is 0 Å². The molecular weight excluding hydrogens is 173 g/mol. The van der Waals surface area contributed by atoms with Crippen LogP contribution < -0.4 is 0 Å². The van der Waals surface area contributed by atoms with Gasteiger partial charge < -0.3 is 5.11 Å². The zero-order chi connectivity index (χ0) is 9.94. The van der Waals surface area contributed by atoms with Crippen molar-refractivity contribution in [3.05, 3.63) is 11.1 Å². The van der Waals surface area contributed by atoms with E-state index in [1.165, 1.54) is 0 Å². The van der Waals surface area contributed by atoms with Gasteiger partial charge in [0.1, 0.15) is 0 Å². The standard InChI is InChI=1S/C7H9F3O2/c1-4(3-7(8,9)10)5(2)6(11)12/h3H2,1-2H3,(H,11,12). The molecule has 0 unspecified atom stereocenters. The van der Waals surface area contributed by atoms with Crippen molar-refractivity contribution >= 4 is 5.97 Å². The Hall–Kier alpha value is -1.00. The first-order valence-corrected chi connectivity index (χ1v) is 3.20. The molecule has 0 heterocycles. The number of hydrogen-bond acceptors (Lipinski definition) is 1. The zero-order valence-electron chi connectivity index (χ0n) is 6.70. The van der Waals surface area contributed by atoms with Crippen LogP contribution in [0.1, 0.15) is 20.3 Å². The van der Waals surface area contributed by atoms with Crippen molar-refractivity contribution in [2.75, 3.05) is 0 Å². The number of rotatable bonds is 2. The van der Waals surface area contributed by atoms with Gasteiger partial charge in [-0.25, -0.2) is 4.79 Å². The van der Waals surface area contributed by atoms with E-state index in [-0.39, 0.29) is 11.1 Å². The van der Waals surface area contributed by atoms with Crippen molar-refractivity contribution in [1.29, 1.82) is 0 Å². The average Bonchev–Trinajstić information content (AvgIpc) is 1.82. The fourth-order valence-electron chi connectivity index (χ4n) is 0.616. The summed E-state index contributed by atoms with van der Waals surface area (Å²) in [6.07, 6.45) is -5.49. The molecule has 0 spiro atoms. The van der Waals surface area contributed by atoms with Gasteiger partial charge in [0.2, 0.25) is 0 Å². The van der Waals surface area contributed by atoms with E-state index in [2.05, 4.69) is 0 Å². The molecular formula is C7H9F3O2. The van der Waals surface area contributed by atoms with Crippen molar-refractivity contribution in [3.63, 3.8) is 0 Å². The molecule has 0 fully saturated rings. The van der Waals surface area contributed by atoms with E-state index < -0.39 is 18.6 Å². The Morgan fingerprint density at radius 2 is 1.75 bits per heavy atom. The molecule has 0 aliphatic heterocycles. The number of alkyl halides is 3. The van der Waals surface area contributed by atoms with E-state index in [0.29, 0.717) is 0 Å². The smallest absolute Gasteiger partial charge is 0.392 e. The lowest BCUT2D eigenvalue weighted by atomic mass is 10.1. The Morgan fingerprint density at radius 1 is 1.33 bits per heavy atom. The van der Waals surface area contributed by atoms with Crippen LogP contribution in [0.25, 0.3) is 0 Å². The predicted molar refractivity (Wildman–Crippen MR) is 36.7 cm³/mol. The van der Waals surface area contributed by atoms with Crippen LogP contribution in [-0.4, -0.2) is 17.3 Å². The van der Waals surface area contributed by atoms with Crippen LogP contribution in [0, 0.1) is 0 Å². The molecule has 0 bridgehead atoms. The Balaban J connectivity index is 4.49. The van der Waals surface area contributed by atoms with Crippen molar-refractivity contribution in [2.45, 2.75) is 26.4 Å². The Kier molecular flexibility index (Phi) is 3.30. The molecule has 0 aromatic heterocycles. The van der Waals surface area contributed by atoms with Crippen molar-refractivity contribution in [2.24, 2.45) is 0 Å². The first-order chi connectivity index (χ1) is 5.24. The minimum atomic E-state index is -4.33. The summed E-state index contributed by atoms with van der Waals surface area (Å²) in [5, 5.41) is 8.32. The Morgan fingerprint density at radius 3 is 2.00 bits per heavy atom. The normalized spacial score (nSPS) is 14.1. The number of halogens is 3. The van der Waals surface area contributed by atoms with Gasteiger partial charge in [0.05, 0.1) is 6.42 Å². The second-order valence-corrected chi connectivity index (χ2v) is 2.50. The van der Waals surface area contributed by atoms with Gasteiger partial charge >= 0.3 is 12.1 Å². The molecule has 70 valence electrons. The molecule has 0 saturated heterocycles. The summed E-state index contributed by atoms with van der Waals surface area (Å²) in [5.41, 5.74) is -0.401.